The van der Waals surface area contributed by atoms with Crippen molar-refractivity contribution in [2.45, 2.75) is 6.54 Å². The standard InChI is InChI=1S/C18H11NO5/c20-12-6-5-10-7-11(18(23)24-15(10)8-12)9-19-16(21)13-3-1-2-4-14(13)17(19)22/h1-8,20H,9H2. The van der Waals surface area contributed by atoms with E-state index >= 15 is 0 Å². The summed E-state index contributed by atoms with van der Waals surface area (Å²) in [6, 6.07) is 12.5. The van der Waals surface area contributed by atoms with Crippen molar-refractivity contribution < 1.29 is 19.1 Å². The van der Waals surface area contributed by atoms with Crippen molar-refractivity contribution in [2.75, 3.05) is 0 Å². The zero-order valence-electron chi connectivity index (χ0n) is 12.4. The number of nitrogens with zero attached hydrogens (tertiary/aromatic N) is 1. The Morgan fingerprint density at radius 3 is 2.25 bits per heavy atom. The van der Waals surface area contributed by atoms with E-state index in [2.05, 4.69) is 0 Å². The number of carbonyl (C=O) groups excluding carboxylic acids is 2. The molecule has 0 bridgehead atoms. The van der Waals surface area contributed by atoms with Gasteiger partial charge in [0.15, 0.2) is 0 Å². The maximum Gasteiger partial charge on any atom is 0.341 e. The van der Waals surface area contributed by atoms with Gasteiger partial charge in [-0.15, -0.1) is 0 Å². The van der Waals surface area contributed by atoms with Crippen molar-refractivity contribution in [3.63, 3.8) is 0 Å². The van der Waals surface area contributed by atoms with Gasteiger partial charge in [0.2, 0.25) is 0 Å². The second-order valence-electron chi connectivity index (χ2n) is 5.52. The second kappa shape index (κ2) is 5.06. The molecule has 4 rings (SSSR count). The Morgan fingerprint density at radius 2 is 1.58 bits per heavy atom. The molecule has 0 spiro atoms. The van der Waals surface area contributed by atoms with Gasteiger partial charge in [-0.3, -0.25) is 14.5 Å². The van der Waals surface area contributed by atoms with Gasteiger partial charge in [-0.1, -0.05) is 12.1 Å². The van der Waals surface area contributed by atoms with E-state index in [1.54, 1.807) is 36.4 Å². The average Bonchev–Trinajstić information content (AvgIpc) is 2.81. The fourth-order valence-electron chi connectivity index (χ4n) is 2.81. The number of hydrogen-bond donors (Lipinski definition) is 1. The predicted octanol–water partition coefficient (Wildman–Crippen LogP) is 2.29. The highest BCUT2D eigenvalue weighted by Gasteiger charge is 2.35. The van der Waals surface area contributed by atoms with Gasteiger partial charge in [0, 0.05) is 11.5 Å². The minimum absolute atomic E-state index is 0.0150. The zero-order chi connectivity index (χ0) is 16.8. The molecule has 1 N–H and O–H groups in total. The molecular weight excluding hydrogens is 310 g/mol. The van der Waals surface area contributed by atoms with Crippen LogP contribution in [0.25, 0.3) is 11.0 Å². The van der Waals surface area contributed by atoms with Gasteiger partial charge in [-0.05, 0) is 30.3 Å². The fraction of sp³-hybridized carbons (Fsp3) is 0.0556. The van der Waals surface area contributed by atoms with Crippen LogP contribution in [0.3, 0.4) is 0 Å². The molecule has 0 saturated heterocycles. The lowest BCUT2D eigenvalue weighted by Gasteiger charge is -2.13. The van der Waals surface area contributed by atoms with Crippen molar-refractivity contribution in [2.24, 2.45) is 0 Å². The second-order valence-corrected chi connectivity index (χ2v) is 5.52. The quantitative estimate of drug-likeness (QED) is 0.578. The summed E-state index contributed by atoms with van der Waals surface area (Å²) in [7, 11) is 0. The first-order valence-corrected chi connectivity index (χ1v) is 7.25. The highest BCUT2D eigenvalue weighted by Crippen LogP contribution is 2.25. The molecule has 1 aliphatic heterocycles. The van der Waals surface area contributed by atoms with Crippen LogP contribution in [0.2, 0.25) is 0 Å². The van der Waals surface area contributed by atoms with E-state index in [0.29, 0.717) is 16.5 Å². The van der Waals surface area contributed by atoms with Crippen molar-refractivity contribution in [1.82, 2.24) is 4.90 Å². The van der Waals surface area contributed by atoms with Crippen LogP contribution < -0.4 is 5.63 Å². The summed E-state index contributed by atoms with van der Waals surface area (Å²) in [4.78, 5) is 37.9. The van der Waals surface area contributed by atoms with Gasteiger partial charge in [0.05, 0.1) is 23.2 Å². The normalized spacial score (nSPS) is 13.6. The first kappa shape index (κ1) is 14.2. The van der Waals surface area contributed by atoms with Crippen LogP contribution in [-0.4, -0.2) is 21.8 Å². The van der Waals surface area contributed by atoms with Gasteiger partial charge in [0.1, 0.15) is 11.3 Å². The van der Waals surface area contributed by atoms with Crippen molar-refractivity contribution in [1.29, 1.82) is 0 Å². The molecule has 6 nitrogen and oxygen atoms in total. The number of imide groups is 1. The summed E-state index contributed by atoms with van der Waals surface area (Å²) < 4.78 is 5.17. The van der Waals surface area contributed by atoms with E-state index in [4.69, 9.17) is 4.42 Å². The van der Waals surface area contributed by atoms with Gasteiger partial charge in [0.25, 0.3) is 11.8 Å². The first-order chi connectivity index (χ1) is 11.5. The van der Waals surface area contributed by atoms with Crippen LogP contribution in [0.5, 0.6) is 5.75 Å². The molecule has 2 heterocycles. The number of phenolic OH excluding ortho intramolecular Hbond substituents is 1. The summed E-state index contributed by atoms with van der Waals surface area (Å²) in [6.45, 7) is -0.161. The Labute approximate surface area is 135 Å². The van der Waals surface area contributed by atoms with Crippen LogP contribution in [0.15, 0.2) is 57.7 Å². The molecule has 24 heavy (non-hydrogen) atoms. The largest absolute Gasteiger partial charge is 0.508 e. The SMILES string of the molecule is O=C1c2ccccc2C(=O)N1Cc1cc2ccc(O)cc2oc1=O. The van der Waals surface area contributed by atoms with E-state index in [1.165, 1.54) is 12.1 Å². The maximum absolute atomic E-state index is 12.4. The Bertz CT molecular complexity index is 1030. The number of benzene rings is 2. The molecule has 6 heteroatoms. The Kier molecular flexibility index (Phi) is 2.99. The molecule has 1 aliphatic rings. The lowest BCUT2D eigenvalue weighted by molar-refractivity contribution is 0.0641. The van der Waals surface area contributed by atoms with Crippen molar-refractivity contribution in [3.8, 4) is 5.75 Å². The number of rotatable bonds is 2. The molecular formula is C18H11NO5. The maximum atomic E-state index is 12.4. The topological polar surface area (TPSA) is 87.8 Å². The molecule has 2 amide bonds. The monoisotopic (exact) mass is 321 g/mol. The summed E-state index contributed by atoms with van der Waals surface area (Å²) in [6.07, 6.45) is 0. The Hall–Kier alpha value is -3.41. The number of fused-ring (bicyclic) bond motifs is 2. The minimum Gasteiger partial charge on any atom is -0.508 e. The zero-order valence-corrected chi connectivity index (χ0v) is 12.4. The summed E-state index contributed by atoms with van der Waals surface area (Å²) in [5, 5.41) is 10.0. The molecule has 0 unspecified atom stereocenters. The fourth-order valence-corrected chi connectivity index (χ4v) is 2.81. The molecule has 0 aliphatic carbocycles. The summed E-state index contributed by atoms with van der Waals surface area (Å²) in [5.74, 6) is -0.875. The van der Waals surface area contributed by atoms with Gasteiger partial charge >= 0.3 is 5.63 Å². The summed E-state index contributed by atoms with van der Waals surface area (Å²) >= 11 is 0. The number of hydrogen-bond acceptors (Lipinski definition) is 5. The van der Waals surface area contributed by atoms with Crippen LogP contribution in [0, 0.1) is 0 Å². The third-order valence-corrected chi connectivity index (χ3v) is 4.00. The van der Waals surface area contributed by atoms with E-state index in [9.17, 15) is 19.5 Å². The Morgan fingerprint density at radius 1 is 0.917 bits per heavy atom. The van der Waals surface area contributed by atoms with Crippen LogP contribution in [0.1, 0.15) is 26.3 Å². The smallest absolute Gasteiger partial charge is 0.341 e. The third kappa shape index (κ3) is 2.08. The van der Waals surface area contributed by atoms with E-state index in [-0.39, 0.29) is 23.4 Å². The van der Waals surface area contributed by atoms with Crippen molar-refractivity contribution in [3.05, 3.63) is 75.6 Å². The highest BCUT2D eigenvalue weighted by molar-refractivity contribution is 6.21. The van der Waals surface area contributed by atoms with Gasteiger partial charge in [-0.25, -0.2) is 4.79 Å². The number of phenols is 1. The lowest BCUT2D eigenvalue weighted by Crippen LogP contribution is -2.31. The van der Waals surface area contributed by atoms with Crippen LogP contribution in [-0.2, 0) is 6.54 Å². The van der Waals surface area contributed by atoms with Crippen LogP contribution >= 0.6 is 0 Å². The van der Waals surface area contributed by atoms with Gasteiger partial charge in [-0.2, -0.15) is 0 Å². The molecule has 118 valence electrons. The minimum atomic E-state index is -0.648. The van der Waals surface area contributed by atoms with Gasteiger partial charge < -0.3 is 9.52 Å². The first-order valence-electron chi connectivity index (χ1n) is 7.25. The van der Waals surface area contributed by atoms with Crippen molar-refractivity contribution >= 4 is 22.8 Å². The molecule has 1 aromatic heterocycles. The molecule has 2 aromatic carbocycles. The number of carbonyl (C=O) groups is 2. The molecule has 3 aromatic rings. The third-order valence-electron chi connectivity index (χ3n) is 4.00. The Balaban J connectivity index is 1.74. The lowest BCUT2D eigenvalue weighted by atomic mass is 10.1. The molecule has 0 atom stereocenters. The average molecular weight is 321 g/mol. The van der Waals surface area contributed by atoms with E-state index in [0.717, 1.165) is 4.90 Å². The van der Waals surface area contributed by atoms with E-state index < -0.39 is 17.4 Å². The number of amides is 2. The highest BCUT2D eigenvalue weighted by atomic mass is 16.4. The predicted molar refractivity (Wildman–Crippen MR) is 84.8 cm³/mol. The number of aromatic hydroxyl groups is 1. The molecule has 0 fully saturated rings. The van der Waals surface area contributed by atoms with Crippen LogP contribution in [0.4, 0.5) is 0 Å². The molecule has 0 saturated carbocycles. The van der Waals surface area contributed by atoms with E-state index in [1.807, 2.05) is 0 Å². The summed E-state index contributed by atoms with van der Waals surface area (Å²) in [5.41, 5.74) is 0.452. The molecule has 0 radical (unpaired) electrons.